The molecule has 1 unspecified atom stereocenters. The predicted molar refractivity (Wildman–Crippen MR) is 85.3 cm³/mol. The molecule has 2 rings (SSSR count). The summed E-state index contributed by atoms with van der Waals surface area (Å²) in [5.74, 6) is -0.220. The van der Waals surface area contributed by atoms with Gasteiger partial charge in [0.05, 0.1) is 5.54 Å². The van der Waals surface area contributed by atoms with Crippen molar-refractivity contribution in [3.63, 3.8) is 0 Å². The minimum Gasteiger partial charge on any atom is -0.377 e. The van der Waals surface area contributed by atoms with E-state index in [2.05, 4.69) is 21.2 Å². The van der Waals surface area contributed by atoms with Crippen molar-refractivity contribution in [2.45, 2.75) is 18.9 Å². The van der Waals surface area contributed by atoms with Gasteiger partial charge in [-0.05, 0) is 59.1 Å². The summed E-state index contributed by atoms with van der Waals surface area (Å²) in [5.41, 5.74) is 7.50. The first-order valence-corrected chi connectivity index (χ1v) is 7.29. The van der Waals surface area contributed by atoms with Crippen molar-refractivity contribution >= 4 is 21.6 Å². The maximum Gasteiger partial charge on any atom is 0.123 e. The molecule has 2 aromatic carbocycles. The highest BCUT2D eigenvalue weighted by Gasteiger charge is 2.23. The normalized spacial score (nSPS) is 13.8. The second-order valence-electron chi connectivity index (χ2n) is 5.18. The van der Waals surface area contributed by atoms with Crippen molar-refractivity contribution in [3.05, 3.63) is 64.4 Å². The molecule has 2 nitrogen and oxygen atoms in total. The Kier molecular flexibility index (Phi) is 4.78. The van der Waals surface area contributed by atoms with Gasteiger partial charge < -0.3 is 11.1 Å². The van der Waals surface area contributed by atoms with Crippen molar-refractivity contribution < 1.29 is 4.39 Å². The second-order valence-corrected chi connectivity index (χ2v) is 6.03. The number of benzene rings is 2. The van der Waals surface area contributed by atoms with Gasteiger partial charge >= 0.3 is 0 Å². The monoisotopic (exact) mass is 336 g/mol. The summed E-state index contributed by atoms with van der Waals surface area (Å²) < 4.78 is 14.3. The van der Waals surface area contributed by atoms with Gasteiger partial charge in [-0.15, -0.1) is 0 Å². The first-order valence-electron chi connectivity index (χ1n) is 6.50. The molecule has 0 aliphatic carbocycles. The number of hydrogen-bond acceptors (Lipinski definition) is 2. The molecule has 0 aromatic heterocycles. The van der Waals surface area contributed by atoms with Crippen LogP contribution in [-0.2, 0) is 6.42 Å². The fourth-order valence-electron chi connectivity index (χ4n) is 2.15. The van der Waals surface area contributed by atoms with Gasteiger partial charge in [-0.2, -0.15) is 0 Å². The SMILES string of the molecule is CC(CN)(Cc1cccc(F)c1)Nc1ccccc1Br. The van der Waals surface area contributed by atoms with Crippen LogP contribution >= 0.6 is 15.9 Å². The lowest BCUT2D eigenvalue weighted by Crippen LogP contribution is -2.44. The third kappa shape index (κ3) is 3.81. The average molecular weight is 337 g/mol. The van der Waals surface area contributed by atoms with E-state index in [9.17, 15) is 4.39 Å². The first kappa shape index (κ1) is 15.0. The Morgan fingerprint density at radius 1 is 1.20 bits per heavy atom. The smallest absolute Gasteiger partial charge is 0.123 e. The number of halogens is 2. The van der Waals surface area contributed by atoms with Crippen LogP contribution in [-0.4, -0.2) is 12.1 Å². The van der Waals surface area contributed by atoms with Gasteiger partial charge in [0.25, 0.3) is 0 Å². The van der Waals surface area contributed by atoms with Crippen LogP contribution in [0.3, 0.4) is 0 Å². The molecule has 1 atom stereocenters. The number of para-hydroxylation sites is 1. The Morgan fingerprint density at radius 3 is 2.60 bits per heavy atom. The summed E-state index contributed by atoms with van der Waals surface area (Å²) in [6, 6.07) is 14.5. The molecule has 0 bridgehead atoms. The van der Waals surface area contributed by atoms with Gasteiger partial charge in [-0.3, -0.25) is 0 Å². The van der Waals surface area contributed by atoms with Crippen molar-refractivity contribution in [2.75, 3.05) is 11.9 Å². The van der Waals surface area contributed by atoms with Gasteiger partial charge in [-0.25, -0.2) is 4.39 Å². The molecule has 0 aliphatic rings. The van der Waals surface area contributed by atoms with Crippen LogP contribution < -0.4 is 11.1 Å². The molecule has 2 aromatic rings. The number of nitrogens with two attached hydrogens (primary N) is 1. The van der Waals surface area contributed by atoms with E-state index in [1.165, 1.54) is 6.07 Å². The topological polar surface area (TPSA) is 38.0 Å². The lowest BCUT2D eigenvalue weighted by molar-refractivity contribution is 0.518. The van der Waals surface area contributed by atoms with E-state index in [4.69, 9.17) is 5.73 Å². The Labute approximate surface area is 127 Å². The van der Waals surface area contributed by atoms with Gasteiger partial charge in [0.15, 0.2) is 0 Å². The minimum absolute atomic E-state index is 0.220. The van der Waals surface area contributed by atoms with Crippen LogP contribution in [0.25, 0.3) is 0 Å². The van der Waals surface area contributed by atoms with E-state index in [1.54, 1.807) is 12.1 Å². The maximum absolute atomic E-state index is 13.3. The van der Waals surface area contributed by atoms with Crippen molar-refractivity contribution in [1.29, 1.82) is 0 Å². The zero-order valence-electron chi connectivity index (χ0n) is 11.4. The quantitative estimate of drug-likeness (QED) is 0.867. The number of hydrogen-bond donors (Lipinski definition) is 2. The molecule has 0 saturated heterocycles. The molecule has 20 heavy (non-hydrogen) atoms. The Balaban J connectivity index is 2.19. The Bertz CT molecular complexity index is 588. The molecule has 3 N–H and O–H groups in total. The van der Waals surface area contributed by atoms with Crippen molar-refractivity contribution in [2.24, 2.45) is 5.73 Å². The highest BCUT2D eigenvalue weighted by molar-refractivity contribution is 9.10. The summed E-state index contributed by atoms with van der Waals surface area (Å²) in [6.07, 6.45) is 0.655. The number of rotatable bonds is 5. The van der Waals surface area contributed by atoms with Crippen molar-refractivity contribution in [3.8, 4) is 0 Å². The standard InChI is InChI=1S/C16H18BrFN2/c1-16(11-19,10-12-5-4-6-13(18)9-12)20-15-8-3-2-7-14(15)17/h2-9,20H,10-11,19H2,1H3. The molecular formula is C16H18BrFN2. The van der Waals surface area contributed by atoms with Crippen LogP contribution in [0.15, 0.2) is 53.0 Å². The maximum atomic E-state index is 13.3. The molecule has 0 spiro atoms. The van der Waals surface area contributed by atoms with Crippen LogP contribution in [0.4, 0.5) is 10.1 Å². The summed E-state index contributed by atoms with van der Waals surface area (Å²) in [5, 5.41) is 3.45. The minimum atomic E-state index is -0.336. The fourth-order valence-corrected chi connectivity index (χ4v) is 2.54. The highest BCUT2D eigenvalue weighted by Crippen LogP contribution is 2.26. The third-order valence-corrected chi connectivity index (χ3v) is 3.94. The molecule has 0 fully saturated rings. The molecule has 0 heterocycles. The zero-order valence-corrected chi connectivity index (χ0v) is 13.0. The fraction of sp³-hybridized carbons (Fsp3) is 0.250. The van der Waals surface area contributed by atoms with Gasteiger partial charge in [0, 0.05) is 16.7 Å². The molecule has 0 saturated carbocycles. The van der Waals surface area contributed by atoms with Crippen LogP contribution in [0.5, 0.6) is 0 Å². The summed E-state index contributed by atoms with van der Waals surface area (Å²) >= 11 is 3.51. The molecule has 0 radical (unpaired) electrons. The Hall–Kier alpha value is -1.39. The average Bonchev–Trinajstić information content (AvgIpc) is 2.41. The zero-order chi connectivity index (χ0) is 14.6. The Morgan fingerprint density at radius 2 is 1.95 bits per heavy atom. The van der Waals surface area contributed by atoms with Gasteiger partial charge in [-0.1, -0.05) is 24.3 Å². The van der Waals surface area contributed by atoms with Gasteiger partial charge in [0.1, 0.15) is 5.82 Å². The van der Waals surface area contributed by atoms with Crippen LogP contribution in [0, 0.1) is 5.82 Å². The lowest BCUT2D eigenvalue weighted by Gasteiger charge is -2.31. The number of anilines is 1. The predicted octanol–water partition coefficient (Wildman–Crippen LogP) is 3.96. The summed E-state index contributed by atoms with van der Waals surface area (Å²) in [7, 11) is 0. The van der Waals surface area contributed by atoms with E-state index < -0.39 is 0 Å². The van der Waals surface area contributed by atoms with Crippen LogP contribution in [0.1, 0.15) is 12.5 Å². The second kappa shape index (κ2) is 6.37. The molecule has 106 valence electrons. The summed E-state index contributed by atoms with van der Waals surface area (Å²) in [6.45, 7) is 2.49. The largest absolute Gasteiger partial charge is 0.377 e. The number of nitrogens with one attached hydrogen (secondary N) is 1. The molecule has 4 heteroatoms. The summed E-state index contributed by atoms with van der Waals surface area (Å²) in [4.78, 5) is 0. The third-order valence-electron chi connectivity index (χ3n) is 3.24. The van der Waals surface area contributed by atoms with E-state index >= 15 is 0 Å². The molecule has 0 amide bonds. The van der Waals surface area contributed by atoms with E-state index in [0.29, 0.717) is 13.0 Å². The molecule has 0 aliphatic heterocycles. The van der Waals surface area contributed by atoms with Crippen molar-refractivity contribution in [1.82, 2.24) is 0 Å². The van der Waals surface area contributed by atoms with E-state index in [1.807, 2.05) is 37.3 Å². The first-order chi connectivity index (χ1) is 9.52. The van der Waals surface area contributed by atoms with E-state index in [0.717, 1.165) is 15.7 Å². The van der Waals surface area contributed by atoms with Crippen LogP contribution in [0.2, 0.25) is 0 Å². The van der Waals surface area contributed by atoms with Gasteiger partial charge in [0.2, 0.25) is 0 Å². The molecular weight excluding hydrogens is 319 g/mol. The highest BCUT2D eigenvalue weighted by atomic mass is 79.9. The van der Waals surface area contributed by atoms with E-state index in [-0.39, 0.29) is 11.4 Å². The lowest BCUT2D eigenvalue weighted by atomic mass is 9.92.